The van der Waals surface area contributed by atoms with Crippen molar-refractivity contribution in [2.24, 2.45) is 15.9 Å². The molecule has 0 saturated heterocycles. The van der Waals surface area contributed by atoms with Gasteiger partial charge in [0.15, 0.2) is 0 Å². The van der Waals surface area contributed by atoms with E-state index >= 15 is 0 Å². The lowest BCUT2D eigenvalue weighted by molar-refractivity contribution is 0.307. The number of benzene rings is 1. The molecule has 0 aliphatic heterocycles. The van der Waals surface area contributed by atoms with Crippen LogP contribution < -0.4 is 0 Å². The van der Waals surface area contributed by atoms with E-state index in [0.717, 1.165) is 57.1 Å². The van der Waals surface area contributed by atoms with Crippen LogP contribution in [-0.4, -0.2) is 18.2 Å². The van der Waals surface area contributed by atoms with Gasteiger partial charge in [-0.1, -0.05) is 154 Å². The summed E-state index contributed by atoms with van der Waals surface area (Å²) in [6.07, 6.45) is 37.4. The molecule has 0 spiro atoms. The van der Waals surface area contributed by atoms with Crippen molar-refractivity contribution in [2.45, 2.75) is 193 Å². The van der Waals surface area contributed by atoms with Crippen LogP contribution >= 0.6 is 0 Å². The number of unbranched alkanes of at least 4 members (excludes halogenated alkanes) is 18. The molecule has 2 atom stereocenters. The van der Waals surface area contributed by atoms with Gasteiger partial charge in [-0.2, -0.15) is 4.99 Å². The molecule has 1 saturated carbocycles. The largest absolute Gasteiger partial charge is 0.240 e. The maximum atomic E-state index is 11.5. The summed E-state index contributed by atoms with van der Waals surface area (Å²) in [7, 11) is 0. The van der Waals surface area contributed by atoms with Crippen LogP contribution in [0.5, 0.6) is 0 Å². The molecule has 0 heterocycles. The summed E-state index contributed by atoms with van der Waals surface area (Å²) >= 11 is 0. The summed E-state index contributed by atoms with van der Waals surface area (Å²) < 4.78 is 0. The Kier molecular flexibility index (Phi) is 21.9. The van der Waals surface area contributed by atoms with Crippen molar-refractivity contribution >= 4 is 17.8 Å². The molecule has 43 heavy (non-hydrogen) atoms. The molecular weight excluding hydrogens is 528 g/mol. The predicted molar refractivity (Wildman–Crippen MR) is 183 cm³/mol. The van der Waals surface area contributed by atoms with Crippen molar-refractivity contribution in [2.75, 3.05) is 0 Å². The van der Waals surface area contributed by atoms with E-state index < -0.39 is 0 Å². The molecule has 0 bridgehead atoms. The molecule has 2 unspecified atom stereocenters. The van der Waals surface area contributed by atoms with Crippen LogP contribution in [-0.2, 0) is 28.9 Å². The van der Waals surface area contributed by atoms with Gasteiger partial charge in [-0.15, -0.1) is 0 Å². The second-order valence-electron chi connectivity index (χ2n) is 13.4. The van der Waals surface area contributed by atoms with Crippen LogP contribution in [0.2, 0.25) is 0 Å². The van der Waals surface area contributed by atoms with E-state index in [1.54, 1.807) is 0 Å². The molecule has 0 radical (unpaired) electrons. The summed E-state index contributed by atoms with van der Waals surface area (Å²) in [6.45, 7) is 4.55. The van der Waals surface area contributed by atoms with Crippen molar-refractivity contribution in [3.8, 4) is 0 Å². The molecule has 4 nitrogen and oxygen atoms in total. The molecule has 0 N–H and O–H groups in total. The van der Waals surface area contributed by atoms with Gasteiger partial charge in [0, 0.05) is 0 Å². The topological polar surface area (TPSA) is 58.9 Å². The summed E-state index contributed by atoms with van der Waals surface area (Å²) in [6, 6.07) is 4.71. The Morgan fingerprint density at radius 3 is 1.49 bits per heavy atom. The average molecular weight is 593 g/mol. The third kappa shape index (κ3) is 16.6. The molecule has 1 aromatic carbocycles. The first-order chi connectivity index (χ1) is 21.2. The molecule has 4 heteroatoms. The Morgan fingerprint density at radius 1 is 0.605 bits per heavy atom. The summed E-state index contributed by atoms with van der Waals surface area (Å²) in [5, 5.41) is 0. The zero-order valence-corrected chi connectivity index (χ0v) is 28.1. The van der Waals surface area contributed by atoms with Gasteiger partial charge >= 0.3 is 0 Å². The highest BCUT2D eigenvalue weighted by atomic mass is 16.1. The standard InChI is InChI=1S/C39H64N2O2/c1-3-5-7-9-11-13-15-17-19-21-26-36-30-34(29-35-25-23-24-28-38(35)40-32-42)31-37(39(36)41-33-43)27-22-20-18-16-14-12-10-8-6-4-2/h30-31,35,38H,3-29H2,1-2H3. The first-order valence-corrected chi connectivity index (χ1v) is 18.5. The van der Waals surface area contributed by atoms with Crippen molar-refractivity contribution in [1.29, 1.82) is 0 Å². The number of hydrogen-bond acceptors (Lipinski definition) is 4. The zero-order chi connectivity index (χ0) is 30.8. The first-order valence-electron chi connectivity index (χ1n) is 18.5. The van der Waals surface area contributed by atoms with Gasteiger partial charge in [0.25, 0.3) is 0 Å². The highest BCUT2D eigenvalue weighted by Crippen LogP contribution is 2.34. The lowest BCUT2D eigenvalue weighted by Gasteiger charge is -2.28. The minimum Gasteiger partial charge on any atom is -0.211 e. The second kappa shape index (κ2) is 25.3. The van der Waals surface area contributed by atoms with Crippen molar-refractivity contribution < 1.29 is 9.59 Å². The number of rotatable bonds is 26. The minimum atomic E-state index is 0.0924. The highest BCUT2D eigenvalue weighted by Gasteiger charge is 2.25. The van der Waals surface area contributed by atoms with Gasteiger partial charge in [0.1, 0.15) is 0 Å². The van der Waals surface area contributed by atoms with Gasteiger partial charge in [-0.05, 0) is 67.6 Å². The molecular formula is C39H64N2O2. The fourth-order valence-corrected chi connectivity index (χ4v) is 7.09. The van der Waals surface area contributed by atoms with Crippen molar-refractivity contribution in [1.82, 2.24) is 0 Å². The van der Waals surface area contributed by atoms with Gasteiger partial charge in [-0.3, -0.25) is 0 Å². The summed E-state index contributed by atoms with van der Waals surface area (Å²) in [4.78, 5) is 31.1. The summed E-state index contributed by atoms with van der Waals surface area (Å²) in [5.41, 5.74) is 4.64. The number of aliphatic imine (C=N–C) groups is 2. The Hall–Kier alpha value is -2.02. The van der Waals surface area contributed by atoms with Gasteiger partial charge in [0.05, 0.1) is 11.7 Å². The quantitative estimate of drug-likeness (QED) is 0.0610. The Balaban J connectivity index is 1.99. The van der Waals surface area contributed by atoms with Crippen molar-refractivity contribution in [3.05, 3.63) is 28.8 Å². The third-order valence-corrected chi connectivity index (χ3v) is 9.67. The fraction of sp³-hybridized carbons (Fsp3) is 0.795. The monoisotopic (exact) mass is 592 g/mol. The zero-order valence-electron chi connectivity index (χ0n) is 28.1. The van der Waals surface area contributed by atoms with E-state index in [1.807, 2.05) is 12.2 Å². The van der Waals surface area contributed by atoms with E-state index in [1.165, 1.54) is 139 Å². The van der Waals surface area contributed by atoms with E-state index in [-0.39, 0.29) is 6.04 Å². The van der Waals surface area contributed by atoms with E-state index in [9.17, 15) is 9.59 Å². The molecule has 1 aromatic rings. The Labute approximate surface area is 265 Å². The smallest absolute Gasteiger partial charge is 0.211 e. The van der Waals surface area contributed by atoms with Crippen LogP contribution in [0, 0.1) is 5.92 Å². The van der Waals surface area contributed by atoms with E-state index in [4.69, 9.17) is 0 Å². The number of isocyanates is 2. The van der Waals surface area contributed by atoms with Gasteiger partial charge in [0.2, 0.25) is 12.2 Å². The lowest BCUT2D eigenvalue weighted by atomic mass is 9.80. The van der Waals surface area contributed by atoms with Crippen LogP contribution in [0.25, 0.3) is 0 Å². The molecule has 2 rings (SSSR count). The van der Waals surface area contributed by atoms with Crippen LogP contribution in [0.15, 0.2) is 22.1 Å². The molecule has 1 aliphatic rings. The molecule has 1 aliphatic carbocycles. The minimum absolute atomic E-state index is 0.0924. The molecule has 0 amide bonds. The molecule has 0 aromatic heterocycles. The molecule has 242 valence electrons. The fourth-order valence-electron chi connectivity index (χ4n) is 7.09. The van der Waals surface area contributed by atoms with Gasteiger partial charge < -0.3 is 0 Å². The van der Waals surface area contributed by atoms with Crippen LogP contribution in [0.4, 0.5) is 5.69 Å². The Morgan fingerprint density at radius 2 is 1.05 bits per heavy atom. The maximum absolute atomic E-state index is 11.5. The van der Waals surface area contributed by atoms with Crippen molar-refractivity contribution in [3.63, 3.8) is 0 Å². The normalized spacial score (nSPS) is 16.5. The second-order valence-corrected chi connectivity index (χ2v) is 13.4. The van der Waals surface area contributed by atoms with E-state index in [0.29, 0.717) is 5.92 Å². The van der Waals surface area contributed by atoms with Crippen LogP contribution in [0.3, 0.4) is 0 Å². The van der Waals surface area contributed by atoms with E-state index in [2.05, 4.69) is 36.0 Å². The third-order valence-electron chi connectivity index (χ3n) is 9.67. The summed E-state index contributed by atoms with van der Waals surface area (Å²) in [5.74, 6) is 0.394. The number of carbonyl (C=O) groups excluding carboxylic acids is 2. The maximum Gasteiger partial charge on any atom is 0.240 e. The number of nitrogens with zero attached hydrogens (tertiary/aromatic N) is 2. The highest BCUT2D eigenvalue weighted by molar-refractivity contribution is 5.60. The molecule has 1 fully saturated rings. The number of hydrogen-bond donors (Lipinski definition) is 0. The SMILES string of the molecule is CCCCCCCCCCCCc1cc(CC2CCCCC2N=C=O)cc(CCCCCCCCCCCC)c1N=C=O. The van der Waals surface area contributed by atoms with Crippen LogP contribution in [0.1, 0.15) is 185 Å². The predicted octanol–water partition coefficient (Wildman–Crippen LogP) is 12.0. The number of aryl methyl sites for hydroxylation is 2. The lowest BCUT2D eigenvalue weighted by Crippen LogP contribution is -2.25. The average Bonchev–Trinajstić information content (AvgIpc) is 3.01. The Bertz CT molecular complexity index is 900. The first kappa shape index (κ1) is 37.2. The van der Waals surface area contributed by atoms with Gasteiger partial charge in [-0.25, -0.2) is 14.6 Å².